The topological polar surface area (TPSA) is 100 Å². The molecular formula is C23H28FN5O3. The summed E-state index contributed by atoms with van der Waals surface area (Å²) >= 11 is 0. The minimum Gasteiger partial charge on any atom is -0.478 e. The van der Waals surface area contributed by atoms with Gasteiger partial charge in [-0.3, -0.25) is 9.36 Å². The van der Waals surface area contributed by atoms with Gasteiger partial charge in [-0.2, -0.15) is 0 Å². The molecule has 0 radical (unpaired) electrons. The number of aromatic carboxylic acids is 1. The van der Waals surface area contributed by atoms with E-state index < -0.39 is 11.8 Å². The number of carboxylic acids is 1. The fourth-order valence-electron chi connectivity index (χ4n) is 4.24. The van der Waals surface area contributed by atoms with Crippen LogP contribution in [0.1, 0.15) is 56.2 Å². The van der Waals surface area contributed by atoms with Gasteiger partial charge in [0.15, 0.2) is 0 Å². The van der Waals surface area contributed by atoms with Gasteiger partial charge in [-0.05, 0) is 37.7 Å². The highest BCUT2D eigenvalue weighted by atomic mass is 19.1. The minimum atomic E-state index is -1.27. The first-order valence-electron chi connectivity index (χ1n) is 10.9. The van der Waals surface area contributed by atoms with E-state index in [4.69, 9.17) is 4.98 Å². The molecule has 2 aromatic heterocycles. The molecule has 0 aromatic carbocycles. The van der Waals surface area contributed by atoms with Gasteiger partial charge in [-0.15, -0.1) is 0 Å². The highest BCUT2D eigenvalue weighted by molar-refractivity contribution is 5.93. The smallest absolute Gasteiger partial charge is 0.339 e. The predicted octanol–water partition coefficient (Wildman–Crippen LogP) is 3.39. The van der Waals surface area contributed by atoms with Crippen LogP contribution in [0.3, 0.4) is 0 Å². The molecule has 0 amide bonds. The third-order valence-corrected chi connectivity index (χ3v) is 6.32. The van der Waals surface area contributed by atoms with Crippen LogP contribution in [-0.2, 0) is 6.54 Å². The van der Waals surface area contributed by atoms with Crippen molar-refractivity contribution in [3.8, 4) is 0 Å². The number of carbonyl (C=O) groups is 1. The molecule has 2 N–H and O–H groups in total. The summed E-state index contributed by atoms with van der Waals surface area (Å²) in [6, 6.07) is 2.15. The van der Waals surface area contributed by atoms with Crippen molar-refractivity contribution in [1.82, 2.24) is 14.5 Å². The Bertz CT molecular complexity index is 1130. The lowest BCUT2D eigenvalue weighted by Gasteiger charge is -2.38. The van der Waals surface area contributed by atoms with Crippen molar-refractivity contribution in [2.75, 3.05) is 23.3 Å². The zero-order chi connectivity index (χ0) is 23.0. The van der Waals surface area contributed by atoms with E-state index in [2.05, 4.69) is 29.0 Å². The lowest BCUT2D eigenvalue weighted by Crippen LogP contribution is -2.39. The number of allylic oxidation sites excluding steroid dienone is 1. The second-order valence-corrected chi connectivity index (χ2v) is 9.25. The number of piperidine rings is 1. The number of nitrogens with zero attached hydrogens (tertiary/aromatic N) is 4. The fraction of sp³-hybridized carbons (Fsp3) is 0.478. The van der Waals surface area contributed by atoms with Crippen LogP contribution >= 0.6 is 0 Å². The van der Waals surface area contributed by atoms with E-state index in [-0.39, 0.29) is 28.4 Å². The van der Waals surface area contributed by atoms with E-state index >= 15 is 0 Å². The van der Waals surface area contributed by atoms with Crippen LogP contribution in [0.15, 0.2) is 29.2 Å². The van der Waals surface area contributed by atoms with E-state index in [9.17, 15) is 19.1 Å². The van der Waals surface area contributed by atoms with Gasteiger partial charge in [0.1, 0.15) is 28.8 Å². The summed E-state index contributed by atoms with van der Waals surface area (Å²) in [5.41, 5.74) is 0.727. The fourth-order valence-corrected chi connectivity index (χ4v) is 4.24. The number of pyridine rings is 1. The Morgan fingerprint density at radius 1 is 1.25 bits per heavy atom. The number of anilines is 2. The molecule has 0 saturated carbocycles. The van der Waals surface area contributed by atoms with E-state index in [1.165, 1.54) is 0 Å². The maximum Gasteiger partial charge on any atom is 0.339 e. The quantitative estimate of drug-likeness (QED) is 0.734. The molecule has 4 heterocycles. The molecule has 9 heteroatoms. The molecule has 1 fully saturated rings. The standard InChI is InChI=1S/C23H28FN5O3/c1-14(26-20-17(22(31)32)11-15(24)13-25-20)16-5-4-8-29-19(30)12-18(27-21(16)29)28-9-6-23(2,3)7-10-28/h5,11-14H,4,6-10H2,1-3H3,(H,25,26)(H,31,32)/t14-/m1/s1. The van der Waals surface area contributed by atoms with Crippen LogP contribution in [0.5, 0.6) is 0 Å². The Morgan fingerprint density at radius 3 is 2.66 bits per heavy atom. The lowest BCUT2D eigenvalue weighted by molar-refractivity contribution is 0.0697. The Kier molecular flexibility index (Phi) is 5.75. The van der Waals surface area contributed by atoms with E-state index in [0.29, 0.717) is 24.6 Å². The Hall–Kier alpha value is -3.23. The van der Waals surface area contributed by atoms with E-state index in [0.717, 1.165) is 43.8 Å². The lowest BCUT2D eigenvalue weighted by atomic mass is 9.83. The highest BCUT2D eigenvalue weighted by Crippen LogP contribution is 2.32. The Labute approximate surface area is 185 Å². The molecular weight excluding hydrogens is 413 g/mol. The maximum atomic E-state index is 13.5. The molecule has 0 bridgehead atoms. The molecule has 0 spiro atoms. The third kappa shape index (κ3) is 4.37. The molecule has 1 saturated heterocycles. The highest BCUT2D eigenvalue weighted by Gasteiger charge is 2.28. The van der Waals surface area contributed by atoms with Gasteiger partial charge in [0.05, 0.1) is 12.2 Å². The molecule has 1 atom stereocenters. The summed E-state index contributed by atoms with van der Waals surface area (Å²) in [5, 5.41) is 12.5. The number of hydrogen-bond donors (Lipinski definition) is 2. The average molecular weight is 442 g/mol. The summed E-state index contributed by atoms with van der Waals surface area (Å²) in [4.78, 5) is 35.3. The first kappa shape index (κ1) is 22.0. The van der Waals surface area contributed by atoms with Crippen LogP contribution in [0.2, 0.25) is 0 Å². The van der Waals surface area contributed by atoms with Crippen molar-refractivity contribution < 1.29 is 14.3 Å². The van der Waals surface area contributed by atoms with Gasteiger partial charge in [0.2, 0.25) is 0 Å². The van der Waals surface area contributed by atoms with Crippen LogP contribution in [0.4, 0.5) is 16.0 Å². The van der Waals surface area contributed by atoms with Crippen molar-refractivity contribution in [2.24, 2.45) is 5.41 Å². The summed E-state index contributed by atoms with van der Waals surface area (Å²) in [6.07, 6.45) is 5.70. The zero-order valence-corrected chi connectivity index (χ0v) is 18.6. The first-order chi connectivity index (χ1) is 15.1. The van der Waals surface area contributed by atoms with Crippen molar-refractivity contribution in [3.63, 3.8) is 0 Å². The van der Waals surface area contributed by atoms with Gasteiger partial charge >= 0.3 is 5.97 Å². The van der Waals surface area contributed by atoms with Crippen molar-refractivity contribution in [2.45, 2.75) is 52.6 Å². The second kappa shape index (κ2) is 8.37. The van der Waals surface area contributed by atoms with Crippen molar-refractivity contribution in [1.29, 1.82) is 0 Å². The molecule has 4 rings (SSSR count). The number of rotatable bonds is 5. The second-order valence-electron chi connectivity index (χ2n) is 9.25. The molecule has 2 aliphatic heterocycles. The monoisotopic (exact) mass is 441 g/mol. The summed E-state index contributed by atoms with van der Waals surface area (Å²) < 4.78 is 15.1. The molecule has 2 aliphatic rings. The van der Waals surface area contributed by atoms with Crippen LogP contribution < -0.4 is 15.8 Å². The number of fused-ring (bicyclic) bond motifs is 1. The Morgan fingerprint density at radius 2 is 1.97 bits per heavy atom. The minimum absolute atomic E-state index is 0.0705. The first-order valence-corrected chi connectivity index (χ1v) is 10.9. The molecule has 0 unspecified atom stereocenters. The molecule has 8 nitrogen and oxygen atoms in total. The van der Waals surface area contributed by atoms with Gasteiger partial charge in [-0.25, -0.2) is 19.2 Å². The van der Waals surface area contributed by atoms with Crippen molar-refractivity contribution in [3.05, 3.63) is 52.0 Å². The SMILES string of the molecule is C[C@@H](Nc1ncc(F)cc1C(=O)O)C1=CCCn2c1nc(N1CCC(C)(C)CC1)cc2=O. The van der Waals surface area contributed by atoms with Gasteiger partial charge in [-0.1, -0.05) is 19.9 Å². The number of carboxylic acid groups (broad SMARTS) is 1. The molecule has 2 aromatic rings. The van der Waals surface area contributed by atoms with Gasteiger partial charge in [0.25, 0.3) is 5.56 Å². The summed E-state index contributed by atoms with van der Waals surface area (Å²) in [6.45, 7) is 8.58. The van der Waals surface area contributed by atoms with E-state index in [1.54, 1.807) is 10.6 Å². The normalized spacial score (nSPS) is 18.5. The van der Waals surface area contributed by atoms with E-state index in [1.807, 2.05) is 13.0 Å². The Balaban J connectivity index is 1.64. The molecule has 0 aliphatic carbocycles. The summed E-state index contributed by atoms with van der Waals surface area (Å²) in [5.74, 6) is -0.675. The van der Waals surface area contributed by atoms with Crippen LogP contribution in [-0.4, -0.2) is 44.7 Å². The van der Waals surface area contributed by atoms with Crippen LogP contribution in [0.25, 0.3) is 5.57 Å². The predicted molar refractivity (Wildman–Crippen MR) is 121 cm³/mol. The maximum absolute atomic E-state index is 13.5. The number of hydrogen-bond acceptors (Lipinski definition) is 6. The number of aromatic nitrogens is 3. The number of nitrogens with one attached hydrogen (secondary N) is 1. The average Bonchev–Trinajstić information content (AvgIpc) is 2.74. The zero-order valence-electron chi connectivity index (χ0n) is 18.6. The van der Waals surface area contributed by atoms with Crippen molar-refractivity contribution >= 4 is 23.2 Å². The van der Waals surface area contributed by atoms with Crippen LogP contribution in [0, 0.1) is 11.2 Å². The largest absolute Gasteiger partial charge is 0.478 e. The van der Waals surface area contributed by atoms with Gasteiger partial charge in [0, 0.05) is 31.3 Å². The molecule has 170 valence electrons. The third-order valence-electron chi connectivity index (χ3n) is 6.32. The van der Waals surface area contributed by atoms with Gasteiger partial charge < -0.3 is 15.3 Å². The summed E-state index contributed by atoms with van der Waals surface area (Å²) in [7, 11) is 0. The molecule has 32 heavy (non-hydrogen) atoms. The number of halogens is 1.